The van der Waals surface area contributed by atoms with Gasteiger partial charge in [-0.05, 0) is 37.5 Å². The van der Waals surface area contributed by atoms with E-state index in [4.69, 9.17) is 18.9 Å². The third-order valence-electron chi connectivity index (χ3n) is 11.2. The lowest BCUT2D eigenvalue weighted by molar-refractivity contribution is -0.276. The first-order chi connectivity index (χ1) is 15.0. The van der Waals surface area contributed by atoms with Gasteiger partial charge in [0.15, 0.2) is 0 Å². The highest BCUT2D eigenvalue weighted by molar-refractivity contribution is 5.52. The quantitative estimate of drug-likeness (QED) is 0.634. The van der Waals surface area contributed by atoms with Crippen LogP contribution in [-0.2, 0) is 23.7 Å². The van der Waals surface area contributed by atoms with Gasteiger partial charge < -0.3 is 29.0 Å². The summed E-state index contributed by atoms with van der Waals surface area (Å²) >= 11 is 0. The number of hydrogen-bond acceptors (Lipinski definition) is 6. The van der Waals surface area contributed by atoms with Crippen LogP contribution in [0.1, 0.15) is 32.1 Å². The minimum absolute atomic E-state index is 0.00944. The van der Waals surface area contributed by atoms with Crippen LogP contribution in [0, 0.1) is 40.4 Å². The van der Waals surface area contributed by atoms with Crippen molar-refractivity contribution in [2.24, 2.45) is 40.4 Å². The predicted molar refractivity (Wildman–Crippen MR) is 111 cm³/mol. The van der Waals surface area contributed by atoms with Crippen molar-refractivity contribution in [3.63, 3.8) is 0 Å². The Labute approximate surface area is 184 Å². The Kier molecular flexibility index (Phi) is 4.48. The lowest BCUT2D eigenvalue weighted by Crippen LogP contribution is -2.76. The van der Waals surface area contributed by atoms with Crippen molar-refractivity contribution in [3.8, 4) is 0 Å². The second-order valence-corrected chi connectivity index (χ2v) is 11.3. The van der Waals surface area contributed by atoms with Crippen molar-refractivity contribution in [2.75, 3.05) is 41.6 Å². The molecule has 12 atom stereocenters. The standard InChI is InChI=1S/C24H37NO6/c1-28-11-22-6-5-18(30-3)24-14-7-13-16(29-2)9-23(31-4,19(14)20(13)27)15(8-17(22)24)21(24)25(10-22)12-26/h12-21,27H,5-11H2,1-4H3/t13-,14-,15+,16+,17-,18+,19-,20+,21-,22+,23+,24-/m1/s1. The molecule has 1 heterocycles. The number of likely N-dealkylation sites (tertiary alicyclic amines) is 1. The van der Waals surface area contributed by atoms with Crippen LogP contribution in [0.25, 0.3) is 0 Å². The number of carbonyl (C=O) groups is 1. The Bertz CT molecular complexity index is 764. The number of carbonyl (C=O) groups excluding carboxylic acids is 1. The zero-order valence-electron chi connectivity index (χ0n) is 19.2. The van der Waals surface area contributed by atoms with Gasteiger partial charge in [0.1, 0.15) is 0 Å². The van der Waals surface area contributed by atoms with Crippen LogP contribution >= 0.6 is 0 Å². The maximum absolute atomic E-state index is 12.6. The molecule has 6 fully saturated rings. The summed E-state index contributed by atoms with van der Waals surface area (Å²) in [5.74, 6) is 1.04. The summed E-state index contributed by atoms with van der Waals surface area (Å²) in [5, 5.41) is 11.6. The average molecular weight is 436 g/mol. The normalized spacial score (nSPS) is 58.5. The molecule has 1 saturated heterocycles. The lowest BCUT2D eigenvalue weighted by Gasteiger charge is -2.69. The molecule has 0 aromatic heterocycles. The van der Waals surface area contributed by atoms with Gasteiger partial charge in [-0.3, -0.25) is 4.79 Å². The maximum Gasteiger partial charge on any atom is 0.210 e. The van der Waals surface area contributed by atoms with Crippen molar-refractivity contribution in [2.45, 2.75) is 62.1 Å². The Morgan fingerprint density at radius 1 is 1.13 bits per heavy atom. The minimum Gasteiger partial charge on any atom is -0.392 e. The van der Waals surface area contributed by atoms with Gasteiger partial charge in [-0.25, -0.2) is 0 Å². The van der Waals surface area contributed by atoms with E-state index in [1.54, 1.807) is 14.2 Å². The SMILES string of the molecule is COC[C@@]12CC[C@H](OC)[C@@]34[C@@H]5C[C@H]6[C@H](O)[C@@H]5[C@](OC)(C[C@@H]6OC)[C@@H](C[C@H]13)[C@H]4N(C=O)C2. The van der Waals surface area contributed by atoms with E-state index in [1.165, 1.54) is 0 Å². The van der Waals surface area contributed by atoms with Gasteiger partial charge in [-0.1, -0.05) is 0 Å². The molecule has 0 aromatic rings. The van der Waals surface area contributed by atoms with E-state index in [9.17, 15) is 9.90 Å². The first-order valence-corrected chi connectivity index (χ1v) is 12.0. The van der Waals surface area contributed by atoms with Crippen molar-refractivity contribution >= 4 is 6.41 Å². The highest BCUT2D eigenvalue weighted by Gasteiger charge is 2.84. The first-order valence-electron chi connectivity index (χ1n) is 12.0. The predicted octanol–water partition coefficient (Wildman–Crippen LogP) is 1.32. The van der Waals surface area contributed by atoms with Crippen molar-refractivity contribution in [3.05, 3.63) is 0 Å². The molecule has 5 aliphatic carbocycles. The number of aliphatic hydroxyl groups excluding tert-OH is 1. The fourth-order valence-corrected chi connectivity index (χ4v) is 10.7. The fourth-order valence-electron chi connectivity index (χ4n) is 10.7. The first kappa shape index (κ1) is 20.8. The van der Waals surface area contributed by atoms with Gasteiger partial charge in [0, 0.05) is 76.0 Å². The molecule has 1 spiro atoms. The minimum atomic E-state index is -0.465. The Morgan fingerprint density at radius 3 is 2.58 bits per heavy atom. The molecule has 7 nitrogen and oxygen atoms in total. The van der Waals surface area contributed by atoms with Crippen molar-refractivity contribution in [1.29, 1.82) is 0 Å². The van der Waals surface area contributed by atoms with Crippen LogP contribution in [0.15, 0.2) is 0 Å². The summed E-state index contributed by atoms with van der Waals surface area (Å²) in [6, 6.07) is 0.0907. The molecule has 174 valence electrons. The number of amides is 1. The van der Waals surface area contributed by atoms with Gasteiger partial charge in [-0.2, -0.15) is 0 Å². The van der Waals surface area contributed by atoms with Crippen LogP contribution in [-0.4, -0.2) is 88.0 Å². The summed E-state index contributed by atoms with van der Waals surface area (Å²) in [7, 11) is 7.19. The lowest BCUT2D eigenvalue weighted by atomic mass is 9.43. The Balaban J connectivity index is 1.60. The van der Waals surface area contributed by atoms with E-state index < -0.39 is 11.7 Å². The summed E-state index contributed by atoms with van der Waals surface area (Å²) in [4.78, 5) is 14.6. The molecular weight excluding hydrogens is 398 g/mol. The summed E-state index contributed by atoms with van der Waals surface area (Å²) in [5.41, 5.74) is -0.665. The highest BCUT2D eigenvalue weighted by Crippen LogP contribution is 2.79. The van der Waals surface area contributed by atoms with Gasteiger partial charge in [-0.15, -0.1) is 0 Å². The average Bonchev–Trinajstić information content (AvgIpc) is 3.18. The largest absolute Gasteiger partial charge is 0.392 e. The molecule has 7 bridgehead atoms. The van der Waals surface area contributed by atoms with Crippen LogP contribution in [0.3, 0.4) is 0 Å². The third-order valence-corrected chi connectivity index (χ3v) is 11.2. The van der Waals surface area contributed by atoms with Gasteiger partial charge >= 0.3 is 0 Å². The Morgan fingerprint density at radius 2 is 1.94 bits per heavy atom. The number of aliphatic hydroxyl groups is 1. The highest BCUT2D eigenvalue weighted by atomic mass is 16.5. The monoisotopic (exact) mass is 435 g/mol. The molecule has 6 aliphatic rings. The second kappa shape index (κ2) is 6.66. The zero-order chi connectivity index (χ0) is 21.8. The molecule has 1 amide bonds. The number of piperidine rings is 1. The van der Waals surface area contributed by atoms with E-state index in [0.29, 0.717) is 12.5 Å². The fraction of sp³-hybridized carbons (Fsp3) is 0.958. The van der Waals surface area contributed by atoms with Crippen LogP contribution in [0.5, 0.6) is 0 Å². The summed E-state index contributed by atoms with van der Waals surface area (Å²) in [6.07, 6.45) is 5.46. The number of hydrogen-bond donors (Lipinski definition) is 1. The molecule has 1 N–H and O–H groups in total. The van der Waals surface area contributed by atoms with E-state index in [2.05, 4.69) is 4.90 Å². The molecule has 5 saturated carbocycles. The number of ether oxygens (including phenoxy) is 4. The molecule has 0 unspecified atom stereocenters. The van der Waals surface area contributed by atoms with Crippen LogP contribution in [0.4, 0.5) is 0 Å². The molecule has 6 rings (SSSR count). The van der Waals surface area contributed by atoms with Crippen molar-refractivity contribution < 1.29 is 28.8 Å². The molecule has 0 aromatic carbocycles. The molecule has 31 heavy (non-hydrogen) atoms. The zero-order valence-corrected chi connectivity index (χ0v) is 19.2. The summed E-state index contributed by atoms with van der Waals surface area (Å²) < 4.78 is 24.5. The second-order valence-electron chi connectivity index (χ2n) is 11.3. The molecular formula is C24H37NO6. The Hall–Kier alpha value is -0.730. The smallest absolute Gasteiger partial charge is 0.210 e. The van der Waals surface area contributed by atoms with Gasteiger partial charge in [0.25, 0.3) is 0 Å². The van der Waals surface area contributed by atoms with E-state index in [0.717, 1.165) is 45.1 Å². The molecule has 1 aliphatic heterocycles. The number of nitrogens with zero attached hydrogens (tertiary/aromatic N) is 1. The number of methoxy groups -OCH3 is 4. The van der Waals surface area contributed by atoms with Gasteiger partial charge in [0.2, 0.25) is 6.41 Å². The van der Waals surface area contributed by atoms with E-state index in [-0.39, 0.29) is 52.8 Å². The van der Waals surface area contributed by atoms with E-state index in [1.807, 2.05) is 14.2 Å². The number of rotatable bonds is 6. The molecule has 0 radical (unpaired) electrons. The van der Waals surface area contributed by atoms with Crippen molar-refractivity contribution in [1.82, 2.24) is 4.90 Å². The van der Waals surface area contributed by atoms with Crippen LogP contribution < -0.4 is 0 Å². The number of fused-ring (bicyclic) bond motifs is 2. The van der Waals surface area contributed by atoms with Crippen LogP contribution in [0.2, 0.25) is 0 Å². The molecule has 7 heteroatoms. The topological polar surface area (TPSA) is 77.5 Å². The maximum atomic E-state index is 12.6. The third kappa shape index (κ3) is 2.08. The summed E-state index contributed by atoms with van der Waals surface area (Å²) in [6.45, 7) is 1.43. The van der Waals surface area contributed by atoms with Gasteiger partial charge in [0.05, 0.1) is 30.5 Å². The van der Waals surface area contributed by atoms with E-state index >= 15 is 0 Å².